The number of benzene rings is 2. The summed E-state index contributed by atoms with van der Waals surface area (Å²) in [6.07, 6.45) is 0.879. The molecule has 2 aromatic rings. The second-order valence-electron chi connectivity index (χ2n) is 6.39. The Morgan fingerprint density at radius 2 is 1.38 bits per heavy atom. The topological polar surface area (TPSA) is 58.2 Å². The van der Waals surface area contributed by atoms with E-state index in [0.717, 1.165) is 0 Å². The molecule has 2 N–H and O–H groups in total. The minimum Gasteiger partial charge on any atom is -0.356 e. The Balaban J connectivity index is 1.40. The number of nitrogens with one attached hydrogen (secondary N) is 2. The zero-order valence-corrected chi connectivity index (χ0v) is 14.2. The van der Waals surface area contributed by atoms with Crippen molar-refractivity contribution in [1.82, 2.24) is 10.6 Å². The van der Waals surface area contributed by atoms with Gasteiger partial charge in [0.2, 0.25) is 11.8 Å². The van der Waals surface area contributed by atoms with Crippen molar-refractivity contribution in [3.63, 3.8) is 0 Å². The van der Waals surface area contributed by atoms with E-state index in [0.29, 0.717) is 30.5 Å². The summed E-state index contributed by atoms with van der Waals surface area (Å²) in [5, 5.41) is 5.41. The van der Waals surface area contributed by atoms with Crippen LogP contribution < -0.4 is 10.6 Å². The number of amides is 2. The average molecular weight is 358 g/mol. The van der Waals surface area contributed by atoms with Gasteiger partial charge in [-0.3, -0.25) is 9.59 Å². The molecule has 2 atom stereocenters. The first-order valence-corrected chi connectivity index (χ1v) is 8.58. The van der Waals surface area contributed by atoms with Gasteiger partial charge in [0.25, 0.3) is 0 Å². The van der Waals surface area contributed by atoms with E-state index in [1.807, 2.05) is 0 Å². The summed E-state index contributed by atoms with van der Waals surface area (Å²) < 4.78 is 27.0. The summed E-state index contributed by atoms with van der Waals surface area (Å²) in [5.74, 6) is -1.86. The smallest absolute Gasteiger partial charge is 0.224 e. The molecule has 0 radical (unpaired) electrons. The highest BCUT2D eigenvalue weighted by molar-refractivity contribution is 5.92. The van der Waals surface area contributed by atoms with Crippen molar-refractivity contribution in [2.24, 2.45) is 11.8 Å². The molecule has 26 heavy (non-hydrogen) atoms. The van der Waals surface area contributed by atoms with E-state index >= 15 is 0 Å². The predicted octanol–water partition coefficient (Wildman–Crippen LogP) is 2.58. The van der Waals surface area contributed by atoms with Crippen LogP contribution >= 0.6 is 0 Å². The molecule has 1 fully saturated rings. The highest BCUT2D eigenvalue weighted by atomic mass is 19.1. The van der Waals surface area contributed by atoms with Crippen molar-refractivity contribution in [3.8, 4) is 0 Å². The fraction of sp³-hybridized carbons (Fsp3) is 0.300. The SMILES string of the molecule is O=C(NCCc1ccccc1F)C1CC1C(=O)NCc1ccccc1F. The molecule has 2 unspecified atom stereocenters. The average Bonchev–Trinajstić information content (AvgIpc) is 3.43. The Kier molecular flexibility index (Phi) is 5.61. The lowest BCUT2D eigenvalue weighted by Gasteiger charge is -2.07. The van der Waals surface area contributed by atoms with Gasteiger partial charge in [-0.15, -0.1) is 0 Å². The maximum absolute atomic E-state index is 13.5. The van der Waals surface area contributed by atoms with Crippen molar-refractivity contribution >= 4 is 11.8 Å². The zero-order valence-electron chi connectivity index (χ0n) is 14.2. The van der Waals surface area contributed by atoms with Crippen LogP contribution in [0.25, 0.3) is 0 Å². The van der Waals surface area contributed by atoms with Gasteiger partial charge in [0.05, 0.1) is 11.8 Å². The molecule has 0 bridgehead atoms. The number of hydrogen-bond donors (Lipinski definition) is 2. The van der Waals surface area contributed by atoms with Crippen LogP contribution in [0.4, 0.5) is 8.78 Å². The van der Waals surface area contributed by atoms with Crippen LogP contribution in [0.5, 0.6) is 0 Å². The molecule has 1 saturated carbocycles. The van der Waals surface area contributed by atoms with Crippen LogP contribution in [0.3, 0.4) is 0 Å². The van der Waals surface area contributed by atoms with E-state index in [9.17, 15) is 18.4 Å². The molecule has 6 heteroatoms. The minimum atomic E-state index is -0.379. The molecule has 0 aliphatic heterocycles. The fourth-order valence-corrected chi connectivity index (χ4v) is 2.88. The van der Waals surface area contributed by atoms with Gasteiger partial charge >= 0.3 is 0 Å². The molecule has 0 spiro atoms. The van der Waals surface area contributed by atoms with Crippen LogP contribution in [0.1, 0.15) is 17.5 Å². The minimum absolute atomic E-state index is 0.101. The van der Waals surface area contributed by atoms with Crippen molar-refractivity contribution in [3.05, 3.63) is 71.3 Å². The van der Waals surface area contributed by atoms with Gasteiger partial charge in [-0.05, 0) is 30.5 Å². The van der Waals surface area contributed by atoms with E-state index < -0.39 is 0 Å². The summed E-state index contributed by atoms with van der Waals surface area (Å²) in [4.78, 5) is 24.2. The second-order valence-corrected chi connectivity index (χ2v) is 6.39. The standard InChI is InChI=1S/C20H20F2N2O2/c21-17-7-3-1-5-13(17)9-10-23-19(25)15-11-16(15)20(26)24-12-14-6-2-4-8-18(14)22/h1-8,15-16H,9-12H2,(H,23,25)(H,24,26). The fourth-order valence-electron chi connectivity index (χ4n) is 2.88. The van der Waals surface area contributed by atoms with Crippen LogP contribution in [0, 0.1) is 23.5 Å². The van der Waals surface area contributed by atoms with E-state index in [2.05, 4.69) is 10.6 Å². The van der Waals surface area contributed by atoms with E-state index in [4.69, 9.17) is 0 Å². The van der Waals surface area contributed by atoms with Crippen LogP contribution in [0.2, 0.25) is 0 Å². The number of carbonyl (C=O) groups excluding carboxylic acids is 2. The molecule has 136 valence electrons. The summed E-state index contributed by atoms with van der Waals surface area (Å²) in [7, 11) is 0. The second kappa shape index (κ2) is 8.08. The van der Waals surface area contributed by atoms with Gasteiger partial charge < -0.3 is 10.6 Å². The number of rotatable bonds is 7. The molecule has 0 heterocycles. The maximum atomic E-state index is 13.5. The number of carbonyl (C=O) groups is 2. The first kappa shape index (κ1) is 18.0. The molecule has 1 aliphatic rings. The molecule has 3 rings (SSSR count). The Hall–Kier alpha value is -2.76. The van der Waals surface area contributed by atoms with E-state index in [1.165, 1.54) is 12.1 Å². The van der Waals surface area contributed by atoms with Gasteiger partial charge in [-0.25, -0.2) is 8.78 Å². The Bertz CT molecular complexity index is 810. The van der Waals surface area contributed by atoms with Crippen molar-refractivity contribution < 1.29 is 18.4 Å². The first-order valence-electron chi connectivity index (χ1n) is 8.58. The third-order valence-electron chi connectivity index (χ3n) is 4.53. The van der Waals surface area contributed by atoms with Gasteiger partial charge in [-0.1, -0.05) is 36.4 Å². The quantitative estimate of drug-likeness (QED) is 0.799. The molecular weight excluding hydrogens is 338 g/mol. The highest BCUT2D eigenvalue weighted by Gasteiger charge is 2.47. The number of hydrogen-bond acceptors (Lipinski definition) is 2. The lowest BCUT2D eigenvalue weighted by molar-refractivity contribution is -0.127. The highest BCUT2D eigenvalue weighted by Crippen LogP contribution is 2.38. The predicted molar refractivity (Wildman–Crippen MR) is 93.0 cm³/mol. The molecule has 4 nitrogen and oxygen atoms in total. The lowest BCUT2D eigenvalue weighted by Crippen LogP contribution is -2.31. The van der Waals surface area contributed by atoms with E-state index in [-0.39, 0.29) is 41.8 Å². The summed E-state index contributed by atoms with van der Waals surface area (Å²) >= 11 is 0. The summed E-state index contributed by atoms with van der Waals surface area (Å²) in [6, 6.07) is 12.7. The Morgan fingerprint density at radius 3 is 2.00 bits per heavy atom. The molecule has 2 aromatic carbocycles. The molecular formula is C20H20F2N2O2. The third-order valence-corrected chi connectivity index (χ3v) is 4.53. The van der Waals surface area contributed by atoms with Gasteiger partial charge in [-0.2, -0.15) is 0 Å². The monoisotopic (exact) mass is 358 g/mol. The van der Waals surface area contributed by atoms with Gasteiger partial charge in [0.1, 0.15) is 11.6 Å². The largest absolute Gasteiger partial charge is 0.356 e. The Morgan fingerprint density at radius 1 is 0.846 bits per heavy atom. The molecule has 2 amide bonds. The third kappa shape index (κ3) is 4.45. The lowest BCUT2D eigenvalue weighted by atomic mass is 10.1. The normalized spacial score (nSPS) is 18.2. The van der Waals surface area contributed by atoms with Crippen LogP contribution in [-0.2, 0) is 22.6 Å². The first-order chi connectivity index (χ1) is 12.6. The zero-order chi connectivity index (χ0) is 18.5. The van der Waals surface area contributed by atoms with Crippen molar-refractivity contribution in [1.29, 1.82) is 0 Å². The van der Waals surface area contributed by atoms with Crippen LogP contribution in [-0.4, -0.2) is 18.4 Å². The number of halogens is 2. The summed E-state index contributed by atoms with van der Waals surface area (Å²) in [5.41, 5.74) is 0.954. The summed E-state index contributed by atoms with van der Waals surface area (Å²) in [6.45, 7) is 0.420. The van der Waals surface area contributed by atoms with Crippen LogP contribution in [0.15, 0.2) is 48.5 Å². The van der Waals surface area contributed by atoms with Crippen molar-refractivity contribution in [2.45, 2.75) is 19.4 Å². The van der Waals surface area contributed by atoms with Gasteiger partial charge in [0.15, 0.2) is 0 Å². The van der Waals surface area contributed by atoms with Gasteiger partial charge in [0, 0.05) is 18.7 Å². The molecule has 0 aromatic heterocycles. The molecule has 0 saturated heterocycles. The Labute approximate surface area is 150 Å². The van der Waals surface area contributed by atoms with Crippen molar-refractivity contribution in [2.75, 3.05) is 6.54 Å². The van der Waals surface area contributed by atoms with E-state index in [1.54, 1.807) is 36.4 Å². The molecule has 1 aliphatic carbocycles. The maximum Gasteiger partial charge on any atom is 0.224 e.